The van der Waals surface area contributed by atoms with Crippen molar-refractivity contribution in [1.29, 1.82) is 0 Å². The van der Waals surface area contributed by atoms with E-state index in [1.165, 1.54) is 0 Å². The van der Waals surface area contributed by atoms with E-state index in [2.05, 4.69) is 15.9 Å². The molecule has 0 radical (unpaired) electrons. The Morgan fingerprint density at radius 3 is 2.53 bits per heavy atom. The normalized spacial score (nSPS) is 14.7. The van der Waals surface area contributed by atoms with Crippen molar-refractivity contribution in [3.8, 4) is 0 Å². The van der Waals surface area contributed by atoms with Gasteiger partial charge in [0.15, 0.2) is 0 Å². The van der Waals surface area contributed by atoms with Crippen LogP contribution in [0.25, 0.3) is 0 Å². The lowest BCUT2D eigenvalue weighted by Gasteiger charge is -2.19. The molecule has 82 valence electrons. The zero-order valence-corrected chi connectivity index (χ0v) is 11.4. The van der Waals surface area contributed by atoms with Crippen LogP contribution in [0.5, 0.6) is 0 Å². The van der Waals surface area contributed by atoms with E-state index in [0.29, 0.717) is 0 Å². The van der Waals surface area contributed by atoms with Crippen molar-refractivity contribution in [2.24, 2.45) is 0 Å². The summed E-state index contributed by atoms with van der Waals surface area (Å²) in [5, 5.41) is 0.730. The second kappa shape index (κ2) is 5.13. The van der Waals surface area contributed by atoms with E-state index < -0.39 is 0 Å². The minimum absolute atomic E-state index is 0.0937. The number of aryl methyl sites for hydroxylation is 1. The summed E-state index contributed by atoms with van der Waals surface area (Å²) in [4.78, 5) is 11.1. The molecule has 1 rings (SSSR count). The van der Waals surface area contributed by atoms with E-state index in [1.54, 1.807) is 6.92 Å². The van der Waals surface area contributed by atoms with Gasteiger partial charge >= 0.3 is 0 Å². The van der Waals surface area contributed by atoms with Crippen LogP contribution in [0.1, 0.15) is 30.9 Å². The smallest absolute Gasteiger partial charge is 0.144 e. The van der Waals surface area contributed by atoms with Gasteiger partial charge in [0.2, 0.25) is 0 Å². The molecule has 0 aliphatic carbocycles. The summed E-state index contributed by atoms with van der Waals surface area (Å²) in [5.74, 6) is 0.220. The third kappa shape index (κ3) is 2.82. The van der Waals surface area contributed by atoms with Crippen LogP contribution in [-0.2, 0) is 4.79 Å². The van der Waals surface area contributed by atoms with Gasteiger partial charge in [-0.1, -0.05) is 46.6 Å². The summed E-state index contributed by atoms with van der Waals surface area (Å²) < 4.78 is 0. The fourth-order valence-corrected chi connectivity index (χ4v) is 2.38. The average Bonchev–Trinajstić information content (AvgIpc) is 2.15. The first-order valence-electron chi connectivity index (χ1n) is 4.84. The molecule has 1 aromatic carbocycles. The molecule has 0 saturated carbocycles. The third-order valence-corrected chi connectivity index (χ3v) is 4.32. The Balaban J connectivity index is 3.10. The van der Waals surface area contributed by atoms with Crippen LogP contribution >= 0.6 is 27.5 Å². The van der Waals surface area contributed by atoms with Crippen LogP contribution in [0, 0.1) is 6.92 Å². The molecule has 2 unspecified atom stereocenters. The van der Waals surface area contributed by atoms with E-state index in [4.69, 9.17) is 11.6 Å². The molecule has 15 heavy (non-hydrogen) atoms. The van der Waals surface area contributed by atoms with Gasteiger partial charge in [-0.25, -0.2) is 0 Å². The van der Waals surface area contributed by atoms with Crippen molar-refractivity contribution >= 4 is 33.3 Å². The Labute approximate surface area is 104 Å². The maximum atomic E-state index is 11.3. The van der Waals surface area contributed by atoms with Gasteiger partial charge in [0, 0.05) is 10.9 Å². The Kier molecular flexibility index (Phi) is 4.35. The maximum absolute atomic E-state index is 11.3. The van der Waals surface area contributed by atoms with Crippen molar-refractivity contribution in [2.75, 3.05) is 0 Å². The highest BCUT2D eigenvalue weighted by Gasteiger charge is 2.23. The Hall–Kier alpha value is -0.340. The fraction of sp³-hybridized carbons (Fsp3) is 0.417. The molecule has 0 aromatic heterocycles. The van der Waals surface area contributed by atoms with Gasteiger partial charge in [0.1, 0.15) is 5.78 Å². The molecule has 1 aromatic rings. The van der Waals surface area contributed by atoms with E-state index in [0.717, 1.165) is 16.1 Å². The molecule has 0 heterocycles. The van der Waals surface area contributed by atoms with Crippen molar-refractivity contribution in [2.45, 2.75) is 31.5 Å². The fourth-order valence-electron chi connectivity index (χ4n) is 1.72. The molecule has 3 heteroatoms. The zero-order valence-electron chi connectivity index (χ0n) is 9.05. The third-order valence-electron chi connectivity index (χ3n) is 2.55. The minimum Gasteiger partial charge on any atom is -0.299 e. The van der Waals surface area contributed by atoms with Crippen molar-refractivity contribution in [1.82, 2.24) is 0 Å². The average molecular weight is 290 g/mol. The van der Waals surface area contributed by atoms with Crippen molar-refractivity contribution < 1.29 is 4.79 Å². The number of carbonyl (C=O) groups is 1. The van der Waals surface area contributed by atoms with Crippen LogP contribution < -0.4 is 0 Å². The van der Waals surface area contributed by atoms with Gasteiger partial charge in [0.25, 0.3) is 0 Å². The highest BCUT2D eigenvalue weighted by molar-refractivity contribution is 9.10. The Bertz CT molecular complexity index is 356. The first-order chi connectivity index (χ1) is 6.95. The molecule has 0 aliphatic heterocycles. The minimum atomic E-state index is -0.170. The molecular weight excluding hydrogens is 275 g/mol. The molecule has 0 aliphatic rings. The second-order valence-corrected chi connectivity index (χ2v) is 5.17. The number of rotatable bonds is 3. The SMILES string of the molecule is CC(=O)C(Br)C(C)c1c(C)cccc1Cl. The van der Waals surface area contributed by atoms with Crippen LogP contribution in [0.4, 0.5) is 0 Å². The Morgan fingerprint density at radius 2 is 2.07 bits per heavy atom. The van der Waals surface area contributed by atoms with Crippen molar-refractivity contribution in [3.05, 3.63) is 34.3 Å². The van der Waals surface area contributed by atoms with E-state index >= 15 is 0 Å². The van der Waals surface area contributed by atoms with Gasteiger partial charge in [-0.15, -0.1) is 0 Å². The lowest BCUT2D eigenvalue weighted by Crippen LogP contribution is -2.18. The molecular formula is C12H14BrClO. The van der Waals surface area contributed by atoms with Crippen molar-refractivity contribution in [3.63, 3.8) is 0 Å². The molecule has 0 fully saturated rings. The van der Waals surface area contributed by atoms with Crippen LogP contribution in [0.3, 0.4) is 0 Å². The molecule has 0 amide bonds. The van der Waals surface area contributed by atoms with Crippen LogP contribution in [0.15, 0.2) is 18.2 Å². The predicted molar refractivity (Wildman–Crippen MR) is 68.0 cm³/mol. The Morgan fingerprint density at radius 1 is 1.47 bits per heavy atom. The standard InChI is InChI=1S/C12H14BrClO/c1-7-5-4-6-10(14)11(7)8(2)12(13)9(3)15/h4-6,8,12H,1-3H3. The number of benzene rings is 1. The monoisotopic (exact) mass is 288 g/mol. The number of ketones is 1. The molecule has 0 saturated heterocycles. The summed E-state index contributed by atoms with van der Waals surface area (Å²) >= 11 is 9.55. The van der Waals surface area contributed by atoms with Gasteiger partial charge in [0.05, 0.1) is 4.83 Å². The number of hydrogen-bond acceptors (Lipinski definition) is 1. The lowest BCUT2D eigenvalue weighted by molar-refractivity contribution is -0.116. The topological polar surface area (TPSA) is 17.1 Å². The molecule has 0 N–H and O–H groups in total. The van der Waals surface area contributed by atoms with Gasteiger partial charge in [-0.05, 0) is 31.0 Å². The summed E-state index contributed by atoms with van der Waals surface area (Å²) in [5.41, 5.74) is 2.18. The highest BCUT2D eigenvalue weighted by Crippen LogP contribution is 2.33. The van der Waals surface area contributed by atoms with Gasteiger partial charge in [-0.3, -0.25) is 4.79 Å². The summed E-state index contributed by atoms with van der Waals surface area (Å²) in [6, 6.07) is 5.79. The number of alkyl halides is 1. The van der Waals surface area contributed by atoms with Gasteiger partial charge in [-0.2, -0.15) is 0 Å². The van der Waals surface area contributed by atoms with E-state index in [-0.39, 0.29) is 16.5 Å². The van der Waals surface area contributed by atoms with E-state index in [9.17, 15) is 4.79 Å². The predicted octanol–water partition coefficient (Wildman–Crippen LogP) is 4.10. The quantitative estimate of drug-likeness (QED) is 0.766. The summed E-state index contributed by atoms with van der Waals surface area (Å²) in [7, 11) is 0. The van der Waals surface area contributed by atoms with Crippen LogP contribution in [-0.4, -0.2) is 10.6 Å². The second-order valence-electron chi connectivity index (χ2n) is 3.77. The molecule has 1 nitrogen and oxygen atoms in total. The number of carbonyl (C=O) groups excluding carboxylic acids is 1. The number of hydrogen-bond donors (Lipinski definition) is 0. The zero-order chi connectivity index (χ0) is 11.6. The molecule has 0 spiro atoms. The van der Waals surface area contributed by atoms with E-state index in [1.807, 2.05) is 32.0 Å². The molecule has 2 atom stereocenters. The van der Waals surface area contributed by atoms with Crippen LogP contribution in [0.2, 0.25) is 5.02 Å². The largest absolute Gasteiger partial charge is 0.299 e. The summed E-state index contributed by atoms with van der Waals surface area (Å²) in [6.45, 7) is 5.61. The molecule has 0 bridgehead atoms. The first kappa shape index (κ1) is 12.7. The summed E-state index contributed by atoms with van der Waals surface area (Å²) in [6.07, 6.45) is 0. The van der Waals surface area contributed by atoms with Gasteiger partial charge < -0.3 is 0 Å². The number of halogens is 2. The highest BCUT2D eigenvalue weighted by atomic mass is 79.9. The maximum Gasteiger partial charge on any atom is 0.144 e. The first-order valence-corrected chi connectivity index (χ1v) is 6.14. The number of Topliss-reactive ketones (excluding diaryl/α,β-unsaturated/α-hetero) is 1. The lowest BCUT2D eigenvalue weighted by atomic mass is 9.92.